The molecule has 0 N–H and O–H groups in total. The highest BCUT2D eigenvalue weighted by Crippen LogP contribution is 2.34. The Morgan fingerprint density at radius 2 is 1.82 bits per heavy atom. The lowest BCUT2D eigenvalue weighted by Crippen LogP contribution is -2.23. The van der Waals surface area contributed by atoms with Crippen molar-refractivity contribution in [2.45, 2.75) is 19.4 Å². The molecule has 0 amide bonds. The van der Waals surface area contributed by atoms with Gasteiger partial charge in [0.2, 0.25) is 4.96 Å². The molecule has 3 aromatic heterocycles. The van der Waals surface area contributed by atoms with Crippen LogP contribution in [0, 0.1) is 0 Å². The molecule has 1 aliphatic rings. The summed E-state index contributed by atoms with van der Waals surface area (Å²) < 4.78 is 10.6. The van der Waals surface area contributed by atoms with E-state index in [9.17, 15) is 4.79 Å². The molecule has 186 valence electrons. The fourth-order valence-electron chi connectivity index (χ4n) is 4.70. The molecule has 1 atom stereocenters. The second-order valence-corrected chi connectivity index (χ2v) is 11.1. The highest BCUT2D eigenvalue weighted by atomic mass is 79.9. The quantitative estimate of drug-likeness (QED) is 0.282. The number of halogens is 1. The minimum Gasteiger partial charge on any atom is -0.490 e. The Kier molecular flexibility index (Phi) is 5.49. The second kappa shape index (κ2) is 9.04. The molecule has 0 fully saturated rings. The summed E-state index contributed by atoms with van der Waals surface area (Å²) in [6.07, 6.45) is 4.87. The number of aromatic nitrogens is 5. The van der Waals surface area contributed by atoms with Crippen LogP contribution in [0.4, 0.5) is 0 Å². The van der Waals surface area contributed by atoms with Crippen molar-refractivity contribution < 1.29 is 4.74 Å². The van der Waals surface area contributed by atoms with Crippen LogP contribution in [-0.2, 0) is 6.42 Å². The largest absolute Gasteiger partial charge is 0.490 e. The van der Waals surface area contributed by atoms with Crippen molar-refractivity contribution in [2.24, 2.45) is 0 Å². The number of hydrogen-bond donors (Lipinski definition) is 0. The van der Waals surface area contributed by atoms with Crippen molar-refractivity contribution in [1.29, 1.82) is 0 Å². The van der Waals surface area contributed by atoms with Gasteiger partial charge in [-0.3, -0.25) is 4.79 Å². The number of rotatable bonds is 4. The smallest absolute Gasteiger partial charge is 0.291 e. The lowest BCUT2D eigenvalue weighted by Gasteiger charge is -2.04. The van der Waals surface area contributed by atoms with Gasteiger partial charge in [0.25, 0.3) is 5.56 Å². The molecule has 0 saturated carbocycles. The summed E-state index contributed by atoms with van der Waals surface area (Å²) in [5.41, 5.74) is 5.38. The van der Waals surface area contributed by atoms with Gasteiger partial charge in [0, 0.05) is 33.8 Å². The minimum absolute atomic E-state index is 0.160. The monoisotopic (exact) mass is 581 g/mol. The van der Waals surface area contributed by atoms with Crippen molar-refractivity contribution in [3.8, 4) is 34.1 Å². The molecular formula is C29H20BrN5O2S. The van der Waals surface area contributed by atoms with Crippen LogP contribution in [0.3, 0.4) is 0 Å². The molecule has 0 radical (unpaired) electrons. The topological polar surface area (TPSA) is 74.3 Å². The van der Waals surface area contributed by atoms with Gasteiger partial charge in [-0.1, -0.05) is 57.6 Å². The number of benzene rings is 3. The van der Waals surface area contributed by atoms with Crippen molar-refractivity contribution in [2.75, 3.05) is 0 Å². The molecule has 0 spiro atoms. The standard InChI is InChI=1S/C29H20BrN5O2S/c1-17-13-20-14-19(9-12-24(20)37-17)26-21(16-34(32-26)23-5-3-2-4-6-23)15-25-28(36)35-29(38-25)31-27(33-35)18-7-10-22(30)11-8-18/h2-12,14-17H,13H2,1H3/b25-15-. The Hall–Kier alpha value is -4.08. The fraction of sp³-hybridized carbons (Fsp3) is 0.103. The molecule has 0 bridgehead atoms. The highest BCUT2D eigenvalue weighted by molar-refractivity contribution is 9.10. The van der Waals surface area contributed by atoms with Gasteiger partial charge in [0.05, 0.1) is 10.2 Å². The first-order chi connectivity index (χ1) is 18.5. The zero-order chi connectivity index (χ0) is 25.8. The first kappa shape index (κ1) is 23.1. The van der Waals surface area contributed by atoms with Gasteiger partial charge in [0.15, 0.2) is 5.82 Å². The Balaban J connectivity index is 1.35. The summed E-state index contributed by atoms with van der Waals surface area (Å²) in [5.74, 6) is 1.45. The lowest BCUT2D eigenvalue weighted by atomic mass is 10.0. The van der Waals surface area contributed by atoms with E-state index in [1.807, 2.05) is 83.7 Å². The molecular weight excluding hydrogens is 562 g/mol. The number of hydrogen-bond acceptors (Lipinski definition) is 6. The van der Waals surface area contributed by atoms with E-state index in [1.165, 1.54) is 21.4 Å². The number of thiazole rings is 1. The molecule has 4 heterocycles. The fourth-order valence-corrected chi connectivity index (χ4v) is 5.86. The van der Waals surface area contributed by atoms with Crippen LogP contribution in [0.5, 0.6) is 5.75 Å². The molecule has 9 heteroatoms. The predicted octanol–water partition coefficient (Wildman–Crippen LogP) is 5.30. The molecule has 7 nitrogen and oxygen atoms in total. The summed E-state index contributed by atoms with van der Waals surface area (Å²) in [4.78, 5) is 18.5. The van der Waals surface area contributed by atoms with Crippen molar-refractivity contribution >= 4 is 38.3 Å². The van der Waals surface area contributed by atoms with Crippen LogP contribution in [0.2, 0.25) is 0 Å². The van der Waals surface area contributed by atoms with Crippen molar-refractivity contribution in [3.63, 3.8) is 0 Å². The average Bonchev–Trinajstić information content (AvgIpc) is 3.69. The molecule has 0 aliphatic carbocycles. The number of para-hydroxylation sites is 1. The first-order valence-electron chi connectivity index (χ1n) is 12.1. The van der Waals surface area contributed by atoms with E-state index in [2.05, 4.69) is 39.0 Å². The van der Waals surface area contributed by atoms with E-state index in [1.54, 1.807) is 0 Å². The minimum atomic E-state index is -0.199. The van der Waals surface area contributed by atoms with Gasteiger partial charge < -0.3 is 4.74 Å². The van der Waals surface area contributed by atoms with Gasteiger partial charge in [-0.2, -0.15) is 14.6 Å². The Bertz CT molecular complexity index is 1930. The SMILES string of the molecule is CC1Cc2cc(-c3nn(-c4ccccc4)cc3/C=c3\sc4nc(-c5ccc(Br)cc5)nn4c3=O)ccc2O1. The Labute approximate surface area is 229 Å². The molecule has 1 aliphatic heterocycles. The Morgan fingerprint density at radius 1 is 1.03 bits per heavy atom. The van der Waals surface area contributed by atoms with E-state index in [0.29, 0.717) is 15.3 Å². The predicted molar refractivity (Wildman–Crippen MR) is 152 cm³/mol. The van der Waals surface area contributed by atoms with Crippen LogP contribution in [0.1, 0.15) is 18.1 Å². The summed E-state index contributed by atoms with van der Waals surface area (Å²) in [6.45, 7) is 2.07. The molecule has 6 aromatic rings. The van der Waals surface area contributed by atoms with E-state index < -0.39 is 0 Å². The van der Waals surface area contributed by atoms with Crippen LogP contribution < -0.4 is 14.8 Å². The summed E-state index contributed by atoms with van der Waals surface area (Å²) in [7, 11) is 0. The zero-order valence-electron chi connectivity index (χ0n) is 20.2. The van der Waals surface area contributed by atoms with Crippen molar-refractivity contribution in [1.82, 2.24) is 24.4 Å². The van der Waals surface area contributed by atoms with Crippen LogP contribution >= 0.6 is 27.3 Å². The van der Waals surface area contributed by atoms with Gasteiger partial charge in [-0.15, -0.1) is 5.10 Å². The number of nitrogens with zero attached hydrogens (tertiary/aromatic N) is 5. The van der Waals surface area contributed by atoms with Gasteiger partial charge in [-0.25, -0.2) is 4.68 Å². The van der Waals surface area contributed by atoms with E-state index >= 15 is 0 Å². The molecule has 38 heavy (non-hydrogen) atoms. The van der Waals surface area contributed by atoms with E-state index in [-0.39, 0.29) is 11.7 Å². The maximum absolute atomic E-state index is 13.3. The maximum Gasteiger partial charge on any atom is 0.291 e. The van der Waals surface area contributed by atoms with Crippen LogP contribution in [0.15, 0.2) is 88.3 Å². The van der Waals surface area contributed by atoms with Crippen molar-refractivity contribution in [3.05, 3.63) is 109 Å². The summed E-state index contributed by atoms with van der Waals surface area (Å²) in [5, 5.41) is 9.42. The maximum atomic E-state index is 13.3. The molecule has 1 unspecified atom stereocenters. The van der Waals surface area contributed by atoms with Gasteiger partial charge in [0.1, 0.15) is 17.5 Å². The summed E-state index contributed by atoms with van der Waals surface area (Å²) in [6, 6.07) is 23.8. The first-order valence-corrected chi connectivity index (χ1v) is 13.7. The third-order valence-electron chi connectivity index (χ3n) is 6.50. The number of fused-ring (bicyclic) bond motifs is 2. The third-order valence-corrected chi connectivity index (χ3v) is 7.99. The van der Waals surface area contributed by atoms with Gasteiger partial charge in [-0.05, 0) is 61.0 Å². The molecule has 3 aromatic carbocycles. The summed E-state index contributed by atoms with van der Waals surface area (Å²) >= 11 is 4.76. The normalized spacial score (nSPS) is 15.2. The highest BCUT2D eigenvalue weighted by Gasteiger charge is 2.21. The van der Waals surface area contributed by atoms with Gasteiger partial charge >= 0.3 is 0 Å². The Morgan fingerprint density at radius 3 is 2.61 bits per heavy atom. The van der Waals surface area contributed by atoms with Crippen LogP contribution in [0.25, 0.3) is 39.4 Å². The number of ether oxygens (including phenoxy) is 1. The average molecular weight is 582 g/mol. The van der Waals surface area contributed by atoms with E-state index in [0.717, 1.165) is 44.7 Å². The van der Waals surface area contributed by atoms with Crippen LogP contribution in [-0.4, -0.2) is 30.5 Å². The van der Waals surface area contributed by atoms with E-state index in [4.69, 9.17) is 9.84 Å². The third kappa shape index (κ3) is 4.04. The lowest BCUT2D eigenvalue weighted by molar-refractivity contribution is 0.254. The molecule has 7 rings (SSSR count). The molecule has 0 saturated heterocycles. The second-order valence-electron chi connectivity index (χ2n) is 9.22. The zero-order valence-corrected chi connectivity index (χ0v) is 22.6.